The summed E-state index contributed by atoms with van der Waals surface area (Å²) in [6.07, 6.45) is 1.40. The van der Waals surface area contributed by atoms with Crippen molar-refractivity contribution in [1.82, 2.24) is 9.80 Å². The molecule has 2 aromatic carbocycles. The Balaban J connectivity index is 1.87. The van der Waals surface area contributed by atoms with E-state index in [1.807, 2.05) is 58.3 Å². The molecule has 190 valence electrons. The van der Waals surface area contributed by atoms with Crippen LogP contribution >= 0.6 is 0 Å². The summed E-state index contributed by atoms with van der Waals surface area (Å²) < 4.78 is 5.78. The fourth-order valence-electron chi connectivity index (χ4n) is 4.25. The monoisotopic (exact) mass is 479 g/mol. The van der Waals surface area contributed by atoms with Crippen LogP contribution in [0.3, 0.4) is 0 Å². The van der Waals surface area contributed by atoms with E-state index in [1.165, 1.54) is 0 Å². The van der Waals surface area contributed by atoms with Crippen molar-refractivity contribution >= 4 is 17.5 Å². The van der Waals surface area contributed by atoms with E-state index >= 15 is 0 Å². The number of fused-ring (bicyclic) bond motifs is 1. The number of carbonyl (C=O) groups excluding carboxylic acids is 2. The van der Waals surface area contributed by atoms with E-state index in [9.17, 15) is 9.59 Å². The summed E-state index contributed by atoms with van der Waals surface area (Å²) in [5.74, 6) is 1.64. The van der Waals surface area contributed by atoms with E-state index in [-0.39, 0.29) is 11.8 Å². The zero-order valence-electron chi connectivity index (χ0n) is 22.0. The summed E-state index contributed by atoms with van der Waals surface area (Å²) >= 11 is 0. The molecule has 0 bridgehead atoms. The van der Waals surface area contributed by atoms with E-state index in [0.29, 0.717) is 50.1 Å². The first kappa shape index (κ1) is 26.7. The van der Waals surface area contributed by atoms with Gasteiger partial charge in [-0.3, -0.25) is 9.59 Å². The van der Waals surface area contributed by atoms with Gasteiger partial charge in [-0.15, -0.1) is 0 Å². The Hall–Kier alpha value is -2.86. The number of hydrogen-bond acceptors (Lipinski definition) is 4. The largest absolute Gasteiger partial charge is 0.493 e. The number of ether oxygens (including phenoxy) is 1. The molecule has 0 aromatic heterocycles. The zero-order valence-corrected chi connectivity index (χ0v) is 22.0. The topological polar surface area (TPSA) is 53.1 Å². The van der Waals surface area contributed by atoms with E-state index < -0.39 is 0 Å². The minimum atomic E-state index is -0.0112. The number of likely N-dealkylation sites (N-methyl/N-ethyl adjacent to an activating group) is 1. The van der Waals surface area contributed by atoms with Gasteiger partial charge >= 0.3 is 0 Å². The van der Waals surface area contributed by atoms with Crippen LogP contribution in [0.5, 0.6) is 5.75 Å². The third-order valence-electron chi connectivity index (χ3n) is 6.17. The second-order valence-electron chi connectivity index (χ2n) is 10.4. The lowest BCUT2D eigenvalue weighted by atomic mass is 10.1. The summed E-state index contributed by atoms with van der Waals surface area (Å²) in [5, 5.41) is 0. The van der Waals surface area contributed by atoms with Crippen molar-refractivity contribution in [2.75, 3.05) is 44.7 Å². The standard InChI is InChI=1S/C29H41N3O3/c1-22(2)19-28(33)32-16-8-15-30(5)17-18-31(20-25-9-6-7-10-27(25)32)29(34)24-11-13-26(14-12-24)35-21-23(3)4/h6-7,9-14,22-23H,8,15-21H2,1-5H3. The number of nitrogens with zero attached hydrogens (tertiary/aromatic N) is 3. The lowest BCUT2D eigenvalue weighted by Crippen LogP contribution is -2.37. The first-order chi connectivity index (χ1) is 16.7. The summed E-state index contributed by atoms with van der Waals surface area (Å²) in [4.78, 5) is 32.8. The summed E-state index contributed by atoms with van der Waals surface area (Å²) in [6.45, 7) is 12.4. The highest BCUT2D eigenvalue weighted by Gasteiger charge is 2.24. The van der Waals surface area contributed by atoms with Crippen molar-refractivity contribution in [2.24, 2.45) is 11.8 Å². The van der Waals surface area contributed by atoms with Crippen LogP contribution in [-0.4, -0.2) is 61.4 Å². The van der Waals surface area contributed by atoms with Gasteiger partial charge in [-0.2, -0.15) is 0 Å². The van der Waals surface area contributed by atoms with Crippen molar-refractivity contribution < 1.29 is 14.3 Å². The molecule has 0 spiro atoms. The molecule has 0 aliphatic carbocycles. The highest BCUT2D eigenvalue weighted by Crippen LogP contribution is 2.26. The first-order valence-corrected chi connectivity index (χ1v) is 12.8. The highest BCUT2D eigenvalue weighted by atomic mass is 16.5. The van der Waals surface area contributed by atoms with Crippen LogP contribution in [0, 0.1) is 11.8 Å². The molecule has 0 fully saturated rings. The molecule has 2 aromatic rings. The van der Waals surface area contributed by atoms with Gasteiger partial charge in [0.1, 0.15) is 5.75 Å². The normalized spacial score (nSPS) is 15.6. The van der Waals surface area contributed by atoms with E-state index in [1.54, 1.807) is 0 Å². The molecule has 35 heavy (non-hydrogen) atoms. The smallest absolute Gasteiger partial charge is 0.254 e. The Morgan fingerprint density at radius 3 is 2.29 bits per heavy atom. The van der Waals surface area contributed by atoms with Crippen LogP contribution in [0.2, 0.25) is 0 Å². The minimum Gasteiger partial charge on any atom is -0.493 e. The third kappa shape index (κ3) is 7.82. The summed E-state index contributed by atoms with van der Waals surface area (Å²) in [5.41, 5.74) is 2.56. The predicted molar refractivity (Wildman–Crippen MR) is 142 cm³/mol. The van der Waals surface area contributed by atoms with Gasteiger partial charge in [0.15, 0.2) is 0 Å². The van der Waals surface area contributed by atoms with Gasteiger partial charge in [-0.25, -0.2) is 0 Å². The van der Waals surface area contributed by atoms with Gasteiger partial charge in [-0.05, 0) is 67.7 Å². The maximum atomic E-state index is 13.6. The predicted octanol–water partition coefficient (Wildman–Crippen LogP) is 5.08. The fraction of sp³-hybridized carbons (Fsp3) is 0.517. The molecule has 6 heteroatoms. The van der Waals surface area contributed by atoms with Crippen molar-refractivity contribution in [3.05, 3.63) is 59.7 Å². The highest BCUT2D eigenvalue weighted by molar-refractivity contribution is 5.95. The van der Waals surface area contributed by atoms with Gasteiger partial charge in [-0.1, -0.05) is 45.9 Å². The van der Waals surface area contributed by atoms with Crippen molar-refractivity contribution in [3.8, 4) is 5.75 Å². The molecule has 0 saturated carbocycles. The van der Waals surface area contributed by atoms with E-state index in [4.69, 9.17) is 4.74 Å². The molecule has 6 nitrogen and oxygen atoms in total. The first-order valence-electron chi connectivity index (χ1n) is 12.8. The molecule has 2 amide bonds. The number of hydrogen-bond donors (Lipinski definition) is 0. The van der Waals surface area contributed by atoms with Crippen LogP contribution in [-0.2, 0) is 11.3 Å². The lowest BCUT2D eigenvalue weighted by molar-refractivity contribution is -0.119. The molecule has 3 rings (SSSR count). The number of amides is 2. The van der Waals surface area contributed by atoms with Gasteiger partial charge in [0, 0.05) is 43.9 Å². The quantitative estimate of drug-likeness (QED) is 0.580. The van der Waals surface area contributed by atoms with Crippen LogP contribution in [0.15, 0.2) is 48.5 Å². The van der Waals surface area contributed by atoms with Gasteiger partial charge in [0.2, 0.25) is 5.91 Å². The molecule has 0 radical (unpaired) electrons. The van der Waals surface area contributed by atoms with Crippen LogP contribution in [0.1, 0.15) is 56.5 Å². The maximum Gasteiger partial charge on any atom is 0.254 e. The molecule has 1 aliphatic rings. The number of anilines is 1. The molecule has 1 aliphatic heterocycles. The zero-order chi connectivity index (χ0) is 25.4. The number of rotatable bonds is 6. The molecule has 0 saturated heterocycles. The molecular formula is C29H41N3O3. The Morgan fingerprint density at radius 1 is 0.886 bits per heavy atom. The third-order valence-corrected chi connectivity index (χ3v) is 6.17. The number of benzene rings is 2. The van der Waals surface area contributed by atoms with Crippen LogP contribution in [0.25, 0.3) is 0 Å². The van der Waals surface area contributed by atoms with Gasteiger partial charge in [0.25, 0.3) is 5.91 Å². The second kappa shape index (κ2) is 12.7. The lowest BCUT2D eigenvalue weighted by Gasteiger charge is -2.28. The Kier molecular flexibility index (Phi) is 9.73. The molecule has 0 N–H and O–H groups in total. The average Bonchev–Trinajstić information content (AvgIpc) is 2.85. The average molecular weight is 480 g/mol. The maximum absolute atomic E-state index is 13.6. The molecule has 1 heterocycles. The number of para-hydroxylation sites is 1. The van der Waals surface area contributed by atoms with E-state index in [2.05, 4.69) is 39.6 Å². The van der Waals surface area contributed by atoms with E-state index in [0.717, 1.165) is 36.5 Å². The fourth-order valence-corrected chi connectivity index (χ4v) is 4.25. The number of carbonyl (C=O) groups is 2. The Morgan fingerprint density at radius 2 is 1.60 bits per heavy atom. The summed E-state index contributed by atoms with van der Waals surface area (Å²) in [6, 6.07) is 15.4. The Bertz CT molecular complexity index is 971. The molecule has 0 atom stereocenters. The van der Waals surface area contributed by atoms with Crippen molar-refractivity contribution in [1.29, 1.82) is 0 Å². The van der Waals surface area contributed by atoms with Crippen LogP contribution in [0.4, 0.5) is 5.69 Å². The minimum absolute atomic E-state index is 0.0112. The van der Waals surface area contributed by atoms with Gasteiger partial charge < -0.3 is 19.4 Å². The summed E-state index contributed by atoms with van der Waals surface area (Å²) in [7, 11) is 2.08. The molecular weight excluding hydrogens is 438 g/mol. The van der Waals surface area contributed by atoms with Gasteiger partial charge in [0.05, 0.1) is 6.61 Å². The van der Waals surface area contributed by atoms with Crippen molar-refractivity contribution in [3.63, 3.8) is 0 Å². The van der Waals surface area contributed by atoms with Crippen molar-refractivity contribution in [2.45, 2.75) is 47.1 Å². The SMILES string of the molecule is CC(C)COc1ccc(C(=O)N2CCN(C)CCCN(C(=O)CC(C)C)c3ccccc3C2)cc1. The molecule has 0 unspecified atom stereocenters. The van der Waals surface area contributed by atoms with Crippen LogP contribution < -0.4 is 9.64 Å². The second-order valence-corrected chi connectivity index (χ2v) is 10.4. The Labute approximate surface area is 210 Å².